The molecule has 0 bridgehead atoms. The van der Waals surface area contributed by atoms with E-state index >= 15 is 0 Å². The van der Waals surface area contributed by atoms with Crippen LogP contribution in [-0.2, 0) is 4.74 Å². The number of carbonyl (C=O) groups excluding carboxylic acids is 1. The average Bonchev–Trinajstić information content (AvgIpc) is 2.48. The van der Waals surface area contributed by atoms with Crippen molar-refractivity contribution in [3.05, 3.63) is 34.9 Å². The van der Waals surface area contributed by atoms with Gasteiger partial charge in [-0.15, -0.1) is 0 Å². The van der Waals surface area contributed by atoms with Crippen molar-refractivity contribution < 1.29 is 9.53 Å². The Morgan fingerprint density at radius 1 is 1.10 bits per heavy atom. The molecule has 0 spiro atoms. The van der Waals surface area contributed by atoms with Crippen molar-refractivity contribution in [2.45, 2.75) is 72.3 Å². The third-order valence-corrected chi connectivity index (χ3v) is 3.89. The molecule has 1 rings (SSSR count). The van der Waals surface area contributed by atoms with Gasteiger partial charge in [0.15, 0.2) is 5.78 Å². The lowest BCUT2D eigenvalue weighted by atomic mass is 9.99. The lowest BCUT2D eigenvalue weighted by molar-refractivity contribution is 0.0463. The molecule has 1 atom stereocenters. The molecule has 0 aliphatic carbocycles. The van der Waals surface area contributed by atoms with Crippen LogP contribution in [-0.4, -0.2) is 18.5 Å². The Morgan fingerprint density at radius 3 is 2.48 bits per heavy atom. The number of Topliss-reactive ketones (excluding diaryl/α,β-unsaturated/α-hetero) is 1. The zero-order chi connectivity index (χ0) is 15.7. The van der Waals surface area contributed by atoms with E-state index in [0.717, 1.165) is 23.1 Å². The molecule has 0 aliphatic rings. The van der Waals surface area contributed by atoms with Crippen LogP contribution in [0.25, 0.3) is 0 Å². The first-order valence-electron chi connectivity index (χ1n) is 8.29. The number of benzene rings is 1. The van der Waals surface area contributed by atoms with Crippen molar-refractivity contribution in [2.24, 2.45) is 0 Å². The van der Waals surface area contributed by atoms with Crippen LogP contribution < -0.4 is 0 Å². The fourth-order valence-corrected chi connectivity index (χ4v) is 2.44. The van der Waals surface area contributed by atoms with Crippen molar-refractivity contribution in [3.8, 4) is 0 Å². The Morgan fingerprint density at radius 2 is 1.76 bits per heavy atom. The third-order valence-electron chi connectivity index (χ3n) is 3.89. The molecule has 0 fully saturated rings. The SMILES string of the molecule is CCCCCCCCOC(C)C(=O)c1cc(C)ccc1C. The van der Waals surface area contributed by atoms with Gasteiger partial charge in [0.25, 0.3) is 0 Å². The van der Waals surface area contributed by atoms with Crippen LogP contribution in [0.5, 0.6) is 0 Å². The van der Waals surface area contributed by atoms with Gasteiger partial charge in [-0.1, -0.05) is 56.7 Å². The molecule has 1 aromatic carbocycles. The van der Waals surface area contributed by atoms with Crippen LogP contribution in [0.1, 0.15) is 73.9 Å². The van der Waals surface area contributed by atoms with Crippen LogP contribution in [0, 0.1) is 13.8 Å². The summed E-state index contributed by atoms with van der Waals surface area (Å²) < 4.78 is 5.71. The fraction of sp³-hybridized carbons (Fsp3) is 0.632. The molecule has 0 N–H and O–H groups in total. The molecule has 0 aliphatic heterocycles. The summed E-state index contributed by atoms with van der Waals surface area (Å²) in [6.07, 6.45) is 7.09. The largest absolute Gasteiger partial charge is 0.370 e. The zero-order valence-corrected chi connectivity index (χ0v) is 14.1. The molecule has 118 valence electrons. The summed E-state index contributed by atoms with van der Waals surface area (Å²) in [5.41, 5.74) is 2.94. The molecule has 0 saturated heterocycles. The molecule has 0 amide bonds. The summed E-state index contributed by atoms with van der Waals surface area (Å²) in [6.45, 7) is 8.76. The van der Waals surface area contributed by atoms with E-state index in [-0.39, 0.29) is 11.9 Å². The number of rotatable bonds is 10. The number of ether oxygens (including phenoxy) is 1. The maximum absolute atomic E-state index is 12.4. The van der Waals surface area contributed by atoms with Crippen LogP contribution in [0.2, 0.25) is 0 Å². The van der Waals surface area contributed by atoms with E-state index < -0.39 is 0 Å². The first-order chi connectivity index (χ1) is 10.1. The second kappa shape index (κ2) is 9.73. The third kappa shape index (κ3) is 6.43. The first kappa shape index (κ1) is 17.9. The molecule has 0 heterocycles. The van der Waals surface area contributed by atoms with Gasteiger partial charge in [0.05, 0.1) is 0 Å². The van der Waals surface area contributed by atoms with Gasteiger partial charge in [0.2, 0.25) is 0 Å². The van der Waals surface area contributed by atoms with Gasteiger partial charge in [0, 0.05) is 12.2 Å². The number of ketones is 1. The molecule has 1 aromatic rings. The molecule has 2 heteroatoms. The number of hydrogen-bond donors (Lipinski definition) is 0. The summed E-state index contributed by atoms with van der Waals surface area (Å²) in [5, 5.41) is 0. The van der Waals surface area contributed by atoms with E-state index in [2.05, 4.69) is 6.92 Å². The Labute approximate surface area is 129 Å². The number of carbonyl (C=O) groups is 1. The van der Waals surface area contributed by atoms with Gasteiger partial charge < -0.3 is 4.74 Å². The second-order valence-electron chi connectivity index (χ2n) is 5.96. The monoisotopic (exact) mass is 290 g/mol. The molecule has 0 saturated carbocycles. The Balaban J connectivity index is 2.33. The summed E-state index contributed by atoms with van der Waals surface area (Å²) >= 11 is 0. The molecule has 1 unspecified atom stereocenters. The lowest BCUT2D eigenvalue weighted by Gasteiger charge is -2.14. The number of hydrogen-bond acceptors (Lipinski definition) is 2. The highest BCUT2D eigenvalue weighted by Gasteiger charge is 2.17. The van der Waals surface area contributed by atoms with Crippen molar-refractivity contribution in [1.29, 1.82) is 0 Å². The maximum Gasteiger partial charge on any atom is 0.191 e. The molecule has 2 nitrogen and oxygen atoms in total. The predicted octanol–water partition coefficient (Wildman–Crippen LogP) is 5.25. The topological polar surface area (TPSA) is 26.3 Å². The standard InChI is InChI=1S/C19H30O2/c1-5-6-7-8-9-10-13-21-17(4)19(20)18-14-15(2)11-12-16(18)3/h11-12,14,17H,5-10,13H2,1-4H3. The van der Waals surface area contributed by atoms with Crippen LogP contribution in [0.4, 0.5) is 0 Å². The smallest absolute Gasteiger partial charge is 0.191 e. The number of aryl methyl sites for hydroxylation is 2. The fourth-order valence-electron chi connectivity index (χ4n) is 2.44. The van der Waals surface area contributed by atoms with Crippen molar-refractivity contribution in [1.82, 2.24) is 0 Å². The minimum atomic E-state index is -0.346. The highest BCUT2D eigenvalue weighted by atomic mass is 16.5. The van der Waals surface area contributed by atoms with E-state index in [9.17, 15) is 4.79 Å². The van der Waals surface area contributed by atoms with Gasteiger partial charge >= 0.3 is 0 Å². The Kier molecular flexibility index (Phi) is 8.29. The van der Waals surface area contributed by atoms with Crippen molar-refractivity contribution in [2.75, 3.05) is 6.61 Å². The maximum atomic E-state index is 12.4. The first-order valence-corrected chi connectivity index (χ1v) is 8.29. The van der Waals surface area contributed by atoms with E-state index in [1.54, 1.807) is 0 Å². The van der Waals surface area contributed by atoms with Gasteiger partial charge in [-0.3, -0.25) is 4.79 Å². The van der Waals surface area contributed by atoms with E-state index in [4.69, 9.17) is 4.74 Å². The highest BCUT2D eigenvalue weighted by molar-refractivity contribution is 6.00. The van der Waals surface area contributed by atoms with Gasteiger partial charge in [-0.2, -0.15) is 0 Å². The molecule has 0 aromatic heterocycles. The summed E-state index contributed by atoms with van der Waals surface area (Å²) in [5.74, 6) is 0.0992. The Hall–Kier alpha value is -1.15. The summed E-state index contributed by atoms with van der Waals surface area (Å²) in [7, 11) is 0. The average molecular weight is 290 g/mol. The lowest BCUT2D eigenvalue weighted by Crippen LogP contribution is -2.22. The molecular formula is C19H30O2. The number of unbranched alkanes of at least 4 members (excludes halogenated alkanes) is 5. The van der Waals surface area contributed by atoms with E-state index in [1.165, 1.54) is 32.1 Å². The normalized spacial score (nSPS) is 12.4. The molecular weight excluding hydrogens is 260 g/mol. The minimum Gasteiger partial charge on any atom is -0.370 e. The van der Waals surface area contributed by atoms with Gasteiger partial charge in [-0.25, -0.2) is 0 Å². The summed E-state index contributed by atoms with van der Waals surface area (Å²) in [4.78, 5) is 12.4. The van der Waals surface area contributed by atoms with E-state index in [1.807, 2.05) is 39.0 Å². The predicted molar refractivity (Wildman–Crippen MR) is 89.0 cm³/mol. The minimum absolute atomic E-state index is 0.0992. The van der Waals surface area contributed by atoms with Crippen molar-refractivity contribution in [3.63, 3.8) is 0 Å². The molecule has 21 heavy (non-hydrogen) atoms. The van der Waals surface area contributed by atoms with E-state index in [0.29, 0.717) is 6.61 Å². The van der Waals surface area contributed by atoms with Crippen LogP contribution >= 0.6 is 0 Å². The van der Waals surface area contributed by atoms with Crippen molar-refractivity contribution >= 4 is 5.78 Å². The van der Waals surface area contributed by atoms with Gasteiger partial charge in [-0.05, 0) is 38.8 Å². The molecule has 0 radical (unpaired) electrons. The van der Waals surface area contributed by atoms with Gasteiger partial charge in [0.1, 0.15) is 6.10 Å². The quantitative estimate of drug-likeness (QED) is 0.434. The highest BCUT2D eigenvalue weighted by Crippen LogP contribution is 2.15. The summed E-state index contributed by atoms with van der Waals surface area (Å²) in [6, 6.07) is 6.00. The second-order valence-corrected chi connectivity index (χ2v) is 5.96. The van der Waals surface area contributed by atoms with Crippen LogP contribution in [0.3, 0.4) is 0 Å². The van der Waals surface area contributed by atoms with Crippen LogP contribution in [0.15, 0.2) is 18.2 Å². The Bertz CT molecular complexity index is 437. The zero-order valence-electron chi connectivity index (χ0n) is 14.1.